The highest BCUT2D eigenvalue weighted by atomic mass is 32.2. The molecule has 0 aliphatic heterocycles. The van der Waals surface area contributed by atoms with Crippen LogP contribution in [0.1, 0.15) is 16.0 Å². The van der Waals surface area contributed by atoms with E-state index in [1.165, 1.54) is 15.6 Å². The second-order valence-electron chi connectivity index (χ2n) is 4.69. The average Bonchev–Trinajstić information content (AvgIpc) is 2.86. The maximum atomic E-state index is 12.5. The number of hydrogen-bond acceptors (Lipinski definition) is 4. The Morgan fingerprint density at radius 2 is 2.05 bits per heavy atom. The number of thiocarbonyl (C=S) groups is 1. The Kier molecular flexibility index (Phi) is 4.77. The molecule has 4 nitrogen and oxygen atoms in total. The SMILES string of the molecule is Cc1ccc(S(=O)(=O)N(C)Cc2cccc(C(N)=S)c2)s1. The van der Waals surface area contributed by atoms with Gasteiger partial charge in [0.15, 0.2) is 0 Å². The smallest absolute Gasteiger partial charge is 0.252 e. The largest absolute Gasteiger partial charge is 0.389 e. The molecule has 0 bridgehead atoms. The van der Waals surface area contributed by atoms with Gasteiger partial charge < -0.3 is 5.73 Å². The number of nitrogens with two attached hydrogens (primary N) is 1. The highest BCUT2D eigenvalue weighted by Crippen LogP contribution is 2.24. The summed E-state index contributed by atoms with van der Waals surface area (Å²) in [5, 5.41) is 0. The topological polar surface area (TPSA) is 63.4 Å². The lowest BCUT2D eigenvalue weighted by molar-refractivity contribution is 0.468. The van der Waals surface area contributed by atoms with Crippen molar-refractivity contribution in [3.63, 3.8) is 0 Å². The van der Waals surface area contributed by atoms with E-state index in [9.17, 15) is 8.42 Å². The summed E-state index contributed by atoms with van der Waals surface area (Å²) in [5.41, 5.74) is 7.18. The molecule has 1 aromatic heterocycles. The highest BCUT2D eigenvalue weighted by Gasteiger charge is 2.22. The Labute approximate surface area is 134 Å². The van der Waals surface area contributed by atoms with Crippen LogP contribution in [0.15, 0.2) is 40.6 Å². The molecule has 2 aromatic rings. The summed E-state index contributed by atoms with van der Waals surface area (Å²) in [6.07, 6.45) is 0. The molecule has 0 saturated carbocycles. The van der Waals surface area contributed by atoms with E-state index < -0.39 is 10.0 Å². The van der Waals surface area contributed by atoms with Crippen LogP contribution >= 0.6 is 23.6 Å². The second kappa shape index (κ2) is 6.23. The van der Waals surface area contributed by atoms with Crippen LogP contribution in [-0.2, 0) is 16.6 Å². The van der Waals surface area contributed by atoms with Crippen LogP contribution in [0.2, 0.25) is 0 Å². The minimum absolute atomic E-state index is 0.274. The van der Waals surface area contributed by atoms with Gasteiger partial charge in [0.2, 0.25) is 0 Å². The minimum atomic E-state index is -3.46. The third-order valence-electron chi connectivity index (χ3n) is 3.00. The van der Waals surface area contributed by atoms with Gasteiger partial charge in [-0.3, -0.25) is 0 Å². The van der Waals surface area contributed by atoms with Gasteiger partial charge in [-0.1, -0.05) is 30.4 Å². The third kappa shape index (κ3) is 3.68. The van der Waals surface area contributed by atoms with Gasteiger partial charge in [0.25, 0.3) is 10.0 Å². The van der Waals surface area contributed by atoms with E-state index in [4.69, 9.17) is 18.0 Å². The Hall–Kier alpha value is -1.28. The third-order valence-corrected chi connectivity index (χ3v) is 6.50. The molecule has 0 aliphatic carbocycles. The van der Waals surface area contributed by atoms with Gasteiger partial charge in [0.05, 0.1) is 0 Å². The van der Waals surface area contributed by atoms with Crippen LogP contribution in [0.25, 0.3) is 0 Å². The molecule has 0 spiro atoms. The van der Waals surface area contributed by atoms with Gasteiger partial charge in [-0.15, -0.1) is 11.3 Å². The number of rotatable bonds is 5. The predicted molar refractivity (Wildman–Crippen MR) is 90.0 cm³/mol. The van der Waals surface area contributed by atoms with Crippen molar-refractivity contribution in [3.8, 4) is 0 Å². The van der Waals surface area contributed by atoms with Crippen LogP contribution < -0.4 is 5.73 Å². The lowest BCUT2D eigenvalue weighted by Gasteiger charge is -2.16. The Bertz CT molecular complexity index is 766. The van der Waals surface area contributed by atoms with Crippen LogP contribution in [0.4, 0.5) is 0 Å². The van der Waals surface area contributed by atoms with Crippen LogP contribution in [0.5, 0.6) is 0 Å². The summed E-state index contributed by atoms with van der Waals surface area (Å²) < 4.78 is 26.6. The van der Waals surface area contributed by atoms with E-state index >= 15 is 0 Å². The van der Waals surface area contributed by atoms with E-state index in [1.54, 1.807) is 19.2 Å². The lowest BCUT2D eigenvalue weighted by Crippen LogP contribution is -2.26. The molecule has 0 aliphatic rings. The van der Waals surface area contributed by atoms with Gasteiger partial charge in [-0.05, 0) is 30.7 Å². The predicted octanol–water partition coefficient (Wildman–Crippen LogP) is 2.51. The van der Waals surface area contributed by atoms with Crippen molar-refractivity contribution >= 4 is 38.6 Å². The number of hydrogen-bond donors (Lipinski definition) is 1. The molecule has 0 radical (unpaired) electrons. The molecule has 1 aromatic carbocycles. The number of aryl methyl sites for hydroxylation is 1. The number of benzene rings is 1. The van der Waals surface area contributed by atoms with Crippen molar-refractivity contribution in [2.45, 2.75) is 17.7 Å². The maximum absolute atomic E-state index is 12.5. The zero-order valence-electron chi connectivity index (χ0n) is 11.7. The Morgan fingerprint density at radius 3 is 2.62 bits per heavy atom. The monoisotopic (exact) mass is 340 g/mol. The van der Waals surface area contributed by atoms with Crippen molar-refractivity contribution in [3.05, 3.63) is 52.4 Å². The first-order chi connectivity index (χ1) is 9.80. The molecule has 1 heterocycles. The molecular formula is C14H16N2O2S3. The molecule has 0 atom stereocenters. The van der Waals surface area contributed by atoms with E-state index in [1.807, 2.05) is 31.2 Å². The summed E-state index contributed by atoms with van der Waals surface area (Å²) in [5.74, 6) is 0. The molecule has 0 saturated heterocycles. The van der Waals surface area contributed by atoms with E-state index in [2.05, 4.69) is 0 Å². The van der Waals surface area contributed by atoms with E-state index in [0.29, 0.717) is 9.20 Å². The van der Waals surface area contributed by atoms with Crippen molar-refractivity contribution in [1.29, 1.82) is 0 Å². The van der Waals surface area contributed by atoms with Gasteiger partial charge in [-0.2, -0.15) is 4.31 Å². The average molecular weight is 340 g/mol. The van der Waals surface area contributed by atoms with E-state index in [-0.39, 0.29) is 6.54 Å². The minimum Gasteiger partial charge on any atom is -0.389 e. The fourth-order valence-corrected chi connectivity index (χ4v) is 4.65. The Morgan fingerprint density at radius 1 is 1.33 bits per heavy atom. The first-order valence-electron chi connectivity index (χ1n) is 6.22. The van der Waals surface area contributed by atoms with Gasteiger partial charge in [0, 0.05) is 24.0 Å². The van der Waals surface area contributed by atoms with Crippen molar-refractivity contribution < 1.29 is 8.42 Å². The lowest BCUT2D eigenvalue weighted by atomic mass is 10.1. The first-order valence-corrected chi connectivity index (χ1v) is 8.88. The fourth-order valence-electron chi connectivity index (χ4n) is 1.87. The quantitative estimate of drug-likeness (QED) is 0.850. The summed E-state index contributed by atoms with van der Waals surface area (Å²) in [7, 11) is -1.89. The Balaban J connectivity index is 2.23. The molecule has 112 valence electrons. The molecule has 0 amide bonds. The molecular weight excluding hydrogens is 324 g/mol. The summed E-state index contributed by atoms with van der Waals surface area (Å²) in [6, 6.07) is 10.7. The second-order valence-corrected chi connectivity index (χ2v) is 8.69. The van der Waals surface area contributed by atoms with Gasteiger partial charge >= 0.3 is 0 Å². The van der Waals surface area contributed by atoms with E-state index in [0.717, 1.165) is 16.0 Å². The fraction of sp³-hybridized carbons (Fsp3) is 0.214. The summed E-state index contributed by atoms with van der Waals surface area (Å²) in [4.78, 5) is 1.27. The number of sulfonamides is 1. The number of nitrogens with zero attached hydrogens (tertiary/aromatic N) is 1. The molecule has 7 heteroatoms. The van der Waals surface area contributed by atoms with Crippen LogP contribution in [0.3, 0.4) is 0 Å². The summed E-state index contributed by atoms with van der Waals surface area (Å²) >= 11 is 6.21. The molecule has 2 N–H and O–H groups in total. The molecule has 0 fully saturated rings. The standard InChI is InChI=1S/C14H16N2O2S3/c1-10-6-7-13(20-10)21(17,18)16(2)9-11-4-3-5-12(8-11)14(15)19/h3-8H,9H2,1-2H3,(H2,15,19). The van der Waals surface area contributed by atoms with Gasteiger partial charge in [0.1, 0.15) is 9.20 Å². The molecule has 0 unspecified atom stereocenters. The van der Waals surface area contributed by atoms with Crippen molar-refractivity contribution in [1.82, 2.24) is 4.31 Å². The zero-order valence-corrected chi connectivity index (χ0v) is 14.2. The number of thiophene rings is 1. The summed E-state index contributed by atoms with van der Waals surface area (Å²) in [6.45, 7) is 2.16. The van der Waals surface area contributed by atoms with Crippen molar-refractivity contribution in [2.24, 2.45) is 5.73 Å². The van der Waals surface area contributed by atoms with Crippen LogP contribution in [0, 0.1) is 6.92 Å². The molecule has 2 rings (SSSR count). The molecule has 21 heavy (non-hydrogen) atoms. The van der Waals surface area contributed by atoms with Crippen LogP contribution in [-0.4, -0.2) is 24.8 Å². The van der Waals surface area contributed by atoms with Gasteiger partial charge in [-0.25, -0.2) is 8.42 Å². The normalized spacial score (nSPS) is 11.8. The first kappa shape index (κ1) is 16.1. The zero-order chi connectivity index (χ0) is 15.6. The highest BCUT2D eigenvalue weighted by molar-refractivity contribution is 7.91. The van der Waals surface area contributed by atoms with Crippen molar-refractivity contribution in [2.75, 3.05) is 7.05 Å². The maximum Gasteiger partial charge on any atom is 0.252 e.